The lowest BCUT2D eigenvalue weighted by Crippen LogP contribution is -2.32. The summed E-state index contributed by atoms with van der Waals surface area (Å²) in [6.07, 6.45) is -2.58. The van der Waals surface area contributed by atoms with Crippen molar-refractivity contribution in [2.24, 2.45) is 0 Å². The first kappa shape index (κ1) is 19.1. The van der Waals surface area contributed by atoms with Crippen LogP contribution in [0.5, 0.6) is 0 Å². The Balaban J connectivity index is 1.72. The first-order valence-electron chi connectivity index (χ1n) is 8.51. The molecular weight excluding hydrogens is 361 g/mol. The van der Waals surface area contributed by atoms with E-state index >= 15 is 0 Å². The van der Waals surface area contributed by atoms with Gasteiger partial charge in [0.15, 0.2) is 0 Å². The Morgan fingerprint density at radius 2 is 2.11 bits per heavy atom. The second-order valence-electron chi connectivity index (χ2n) is 6.27. The summed E-state index contributed by atoms with van der Waals surface area (Å²) < 4.78 is 43.9. The van der Waals surface area contributed by atoms with Crippen LogP contribution in [0.25, 0.3) is 0 Å². The van der Waals surface area contributed by atoms with Gasteiger partial charge in [0, 0.05) is 24.5 Å². The fourth-order valence-corrected chi connectivity index (χ4v) is 2.75. The smallest absolute Gasteiger partial charge is 0.376 e. The van der Waals surface area contributed by atoms with E-state index in [1.54, 1.807) is 6.92 Å². The van der Waals surface area contributed by atoms with Crippen LogP contribution in [-0.2, 0) is 10.9 Å². The molecule has 6 nitrogen and oxygen atoms in total. The molecule has 0 aliphatic carbocycles. The molecule has 1 aromatic carbocycles. The third-order valence-corrected chi connectivity index (χ3v) is 4.05. The van der Waals surface area contributed by atoms with Crippen LogP contribution in [0.1, 0.15) is 34.6 Å². The van der Waals surface area contributed by atoms with Gasteiger partial charge in [-0.2, -0.15) is 13.2 Å². The van der Waals surface area contributed by atoms with Crippen molar-refractivity contribution in [1.82, 2.24) is 15.3 Å². The molecule has 1 aromatic heterocycles. The topological polar surface area (TPSA) is 76.1 Å². The van der Waals surface area contributed by atoms with Crippen LogP contribution >= 0.6 is 0 Å². The second kappa shape index (κ2) is 7.91. The summed E-state index contributed by atoms with van der Waals surface area (Å²) in [5.74, 6) is -0.334. The molecule has 2 heterocycles. The van der Waals surface area contributed by atoms with Crippen LogP contribution < -0.4 is 10.6 Å². The maximum Gasteiger partial charge on any atom is 0.416 e. The van der Waals surface area contributed by atoms with Gasteiger partial charge in [-0.05, 0) is 44.0 Å². The number of anilines is 2. The number of benzene rings is 1. The lowest BCUT2D eigenvalue weighted by atomic mass is 10.2. The molecular formula is C18H19F3N4O2. The number of carbonyl (C=O) groups excluding carboxylic acids is 1. The molecule has 2 aromatic rings. The molecule has 0 spiro atoms. The Bertz CT molecular complexity index is 820. The lowest BCUT2D eigenvalue weighted by molar-refractivity contribution is -0.137. The summed E-state index contributed by atoms with van der Waals surface area (Å²) in [6.45, 7) is 2.76. The zero-order valence-electron chi connectivity index (χ0n) is 14.6. The van der Waals surface area contributed by atoms with Crippen molar-refractivity contribution in [2.45, 2.75) is 32.0 Å². The Kier molecular flexibility index (Phi) is 5.59. The Morgan fingerprint density at radius 3 is 2.81 bits per heavy atom. The normalized spacial score (nSPS) is 17.0. The molecule has 0 saturated carbocycles. The van der Waals surface area contributed by atoms with Crippen molar-refractivity contribution in [3.8, 4) is 0 Å². The van der Waals surface area contributed by atoms with Crippen molar-refractivity contribution in [1.29, 1.82) is 0 Å². The summed E-state index contributed by atoms with van der Waals surface area (Å²) >= 11 is 0. The lowest BCUT2D eigenvalue weighted by Gasteiger charge is -2.12. The van der Waals surface area contributed by atoms with Gasteiger partial charge in [-0.25, -0.2) is 9.97 Å². The summed E-state index contributed by atoms with van der Waals surface area (Å²) in [6, 6.07) is 6.21. The van der Waals surface area contributed by atoms with Crippen LogP contribution in [0.15, 0.2) is 30.3 Å². The number of ether oxygens (including phenoxy) is 1. The van der Waals surface area contributed by atoms with E-state index in [2.05, 4.69) is 20.6 Å². The zero-order valence-corrected chi connectivity index (χ0v) is 14.6. The minimum absolute atomic E-state index is 0.000382. The Labute approximate surface area is 154 Å². The van der Waals surface area contributed by atoms with Gasteiger partial charge in [0.25, 0.3) is 5.91 Å². The van der Waals surface area contributed by atoms with E-state index in [0.717, 1.165) is 25.0 Å². The monoisotopic (exact) mass is 380 g/mol. The SMILES string of the molecule is Cc1cc(C(=O)NCC2CCCO2)nc(Nc2cccc(C(F)(F)F)c2)n1. The van der Waals surface area contributed by atoms with Gasteiger partial charge in [-0.15, -0.1) is 0 Å². The van der Waals surface area contributed by atoms with E-state index in [4.69, 9.17) is 4.74 Å². The molecule has 1 saturated heterocycles. The van der Waals surface area contributed by atoms with Crippen molar-refractivity contribution < 1.29 is 22.7 Å². The Hall–Kier alpha value is -2.68. The summed E-state index contributed by atoms with van der Waals surface area (Å²) in [5.41, 5.74) is 0.0486. The van der Waals surface area contributed by atoms with E-state index in [-0.39, 0.29) is 29.3 Å². The minimum atomic E-state index is -4.45. The fourth-order valence-electron chi connectivity index (χ4n) is 2.75. The maximum atomic E-state index is 12.8. The van der Waals surface area contributed by atoms with Crippen molar-refractivity contribution in [3.05, 3.63) is 47.3 Å². The predicted molar refractivity (Wildman–Crippen MR) is 92.8 cm³/mol. The highest BCUT2D eigenvalue weighted by atomic mass is 19.4. The van der Waals surface area contributed by atoms with Crippen LogP contribution in [0, 0.1) is 6.92 Å². The number of aryl methyl sites for hydroxylation is 1. The van der Waals surface area contributed by atoms with E-state index in [1.807, 2.05) is 0 Å². The molecule has 0 bridgehead atoms. The molecule has 1 aliphatic heterocycles. The second-order valence-corrected chi connectivity index (χ2v) is 6.27. The molecule has 1 aliphatic rings. The number of rotatable bonds is 5. The number of aromatic nitrogens is 2. The van der Waals surface area contributed by atoms with Gasteiger partial charge in [-0.1, -0.05) is 6.07 Å². The van der Waals surface area contributed by atoms with Gasteiger partial charge in [0.05, 0.1) is 11.7 Å². The van der Waals surface area contributed by atoms with Gasteiger partial charge >= 0.3 is 6.18 Å². The highest BCUT2D eigenvalue weighted by Crippen LogP contribution is 2.31. The molecule has 1 amide bonds. The van der Waals surface area contributed by atoms with E-state index in [1.165, 1.54) is 18.2 Å². The number of nitrogens with one attached hydrogen (secondary N) is 2. The van der Waals surface area contributed by atoms with Crippen LogP contribution in [-0.4, -0.2) is 35.1 Å². The highest BCUT2D eigenvalue weighted by molar-refractivity contribution is 5.92. The number of hydrogen-bond acceptors (Lipinski definition) is 5. The number of hydrogen-bond donors (Lipinski definition) is 2. The Morgan fingerprint density at radius 1 is 1.30 bits per heavy atom. The van der Waals surface area contributed by atoms with E-state index in [0.29, 0.717) is 18.8 Å². The third-order valence-electron chi connectivity index (χ3n) is 4.05. The summed E-state index contributed by atoms with van der Waals surface area (Å²) in [4.78, 5) is 20.6. The molecule has 1 unspecified atom stereocenters. The standard InChI is InChI=1S/C18H19F3N4O2/c1-11-8-15(16(26)22-10-14-6-3-7-27-14)25-17(23-11)24-13-5-2-4-12(9-13)18(19,20)21/h2,4-5,8-9,14H,3,6-7,10H2,1H3,(H,22,26)(H,23,24,25). The fraction of sp³-hybridized carbons (Fsp3) is 0.389. The van der Waals surface area contributed by atoms with E-state index in [9.17, 15) is 18.0 Å². The third kappa shape index (κ3) is 5.16. The molecule has 0 radical (unpaired) electrons. The zero-order chi connectivity index (χ0) is 19.4. The maximum absolute atomic E-state index is 12.8. The van der Waals surface area contributed by atoms with Crippen LogP contribution in [0.2, 0.25) is 0 Å². The average Bonchev–Trinajstić information content (AvgIpc) is 3.12. The number of carbonyl (C=O) groups is 1. The first-order chi connectivity index (χ1) is 12.8. The van der Waals surface area contributed by atoms with Gasteiger partial charge in [-0.3, -0.25) is 4.79 Å². The summed E-state index contributed by atoms with van der Waals surface area (Å²) in [5, 5.41) is 5.48. The largest absolute Gasteiger partial charge is 0.416 e. The average molecular weight is 380 g/mol. The molecule has 27 heavy (non-hydrogen) atoms. The predicted octanol–water partition coefficient (Wildman–Crippen LogP) is 3.46. The van der Waals surface area contributed by atoms with E-state index < -0.39 is 11.7 Å². The molecule has 2 N–H and O–H groups in total. The van der Waals surface area contributed by atoms with Gasteiger partial charge in [0.1, 0.15) is 5.69 Å². The highest BCUT2D eigenvalue weighted by Gasteiger charge is 2.30. The molecule has 1 atom stereocenters. The number of alkyl halides is 3. The van der Waals surface area contributed by atoms with Gasteiger partial charge in [0.2, 0.25) is 5.95 Å². The van der Waals surface area contributed by atoms with Crippen LogP contribution in [0.4, 0.5) is 24.8 Å². The van der Waals surface area contributed by atoms with Crippen molar-refractivity contribution >= 4 is 17.5 Å². The number of nitrogens with zero attached hydrogens (tertiary/aromatic N) is 2. The molecule has 1 fully saturated rings. The van der Waals surface area contributed by atoms with Gasteiger partial charge < -0.3 is 15.4 Å². The first-order valence-corrected chi connectivity index (χ1v) is 8.51. The van der Waals surface area contributed by atoms with Crippen molar-refractivity contribution in [2.75, 3.05) is 18.5 Å². The van der Waals surface area contributed by atoms with Crippen LogP contribution in [0.3, 0.4) is 0 Å². The quantitative estimate of drug-likeness (QED) is 0.831. The number of halogens is 3. The number of amides is 1. The molecule has 3 rings (SSSR count). The molecule has 144 valence electrons. The minimum Gasteiger partial charge on any atom is -0.376 e. The molecule has 9 heteroatoms. The summed E-state index contributed by atoms with van der Waals surface area (Å²) in [7, 11) is 0. The van der Waals surface area contributed by atoms with Crippen molar-refractivity contribution in [3.63, 3.8) is 0 Å².